The molecule has 0 radical (unpaired) electrons. The van der Waals surface area contributed by atoms with E-state index in [0.717, 1.165) is 28.1 Å². The maximum atomic E-state index is 15.3. The van der Waals surface area contributed by atoms with Crippen molar-refractivity contribution < 1.29 is 27.6 Å². The second-order valence-electron chi connectivity index (χ2n) is 10.5. The molecule has 1 aromatic heterocycles. The zero-order chi connectivity index (χ0) is 30.7. The summed E-state index contributed by atoms with van der Waals surface area (Å²) in [5.41, 5.74) is 3.44. The lowest BCUT2D eigenvalue weighted by Gasteiger charge is -2.36. The first-order chi connectivity index (χ1) is 20.6. The smallest absolute Gasteiger partial charge is 0.324 e. The molecule has 0 unspecified atom stereocenters. The van der Waals surface area contributed by atoms with Gasteiger partial charge in [0.2, 0.25) is 0 Å². The largest absolute Gasteiger partial charge is 0.344 e. The van der Waals surface area contributed by atoms with Crippen LogP contribution in [0.3, 0.4) is 0 Å². The van der Waals surface area contributed by atoms with Gasteiger partial charge in [-0.1, -0.05) is 30.3 Å². The average molecular weight is 593 g/mol. The predicted octanol–water partition coefficient (Wildman–Crippen LogP) is 4.32. The molecule has 1 N–H and O–H groups in total. The van der Waals surface area contributed by atoms with E-state index >= 15 is 4.39 Å². The Kier molecular flexibility index (Phi) is 8.76. The molecule has 3 amide bonds. The Hall–Kier alpha value is -4.71. The molecule has 0 atom stereocenters. The number of urea groups is 1. The van der Waals surface area contributed by atoms with E-state index in [1.54, 1.807) is 21.8 Å². The normalized spacial score (nSPS) is 13.9. The van der Waals surface area contributed by atoms with Gasteiger partial charge in [0, 0.05) is 55.4 Å². The fourth-order valence-corrected chi connectivity index (χ4v) is 5.00. The van der Waals surface area contributed by atoms with Crippen molar-refractivity contribution in [3.8, 4) is 11.1 Å². The Bertz CT molecular complexity index is 1670. The van der Waals surface area contributed by atoms with Gasteiger partial charge in [-0.15, -0.1) is 0 Å². The summed E-state index contributed by atoms with van der Waals surface area (Å²) in [4.78, 5) is 42.7. The van der Waals surface area contributed by atoms with Gasteiger partial charge in [-0.05, 0) is 48.5 Å². The lowest BCUT2D eigenvalue weighted by Crippen LogP contribution is -2.52. The third kappa shape index (κ3) is 6.69. The van der Waals surface area contributed by atoms with Gasteiger partial charge in [0.05, 0.1) is 24.8 Å². The maximum Gasteiger partial charge on any atom is 0.324 e. The van der Waals surface area contributed by atoms with Gasteiger partial charge in [0.25, 0.3) is 5.91 Å². The van der Waals surface area contributed by atoms with Crippen molar-refractivity contribution in [3.63, 3.8) is 0 Å². The molecule has 1 aliphatic rings. The van der Waals surface area contributed by atoms with E-state index in [4.69, 9.17) is 0 Å². The molecule has 0 aliphatic carbocycles. The van der Waals surface area contributed by atoms with Crippen molar-refractivity contribution >= 4 is 34.3 Å². The SMILES string of the molecule is CN1CCN(C(=O)N(Cc2ccc(C(=O)CNC(=O)C(F)F)cc2F)c2cccc(-c3ccc4c(cnn4C)c3)c2)CC1. The Balaban J connectivity index is 1.43. The number of anilines is 1. The summed E-state index contributed by atoms with van der Waals surface area (Å²) in [5, 5.41) is 7.10. The van der Waals surface area contributed by atoms with Crippen LogP contribution in [-0.4, -0.2) is 83.5 Å². The summed E-state index contributed by atoms with van der Waals surface area (Å²) in [6, 6.07) is 16.9. The molecule has 0 bridgehead atoms. The fourth-order valence-electron chi connectivity index (χ4n) is 5.00. The number of fused-ring (bicyclic) bond motifs is 1. The van der Waals surface area contributed by atoms with Gasteiger partial charge in [0.15, 0.2) is 5.78 Å². The van der Waals surface area contributed by atoms with Crippen molar-refractivity contribution in [1.82, 2.24) is 24.9 Å². The minimum atomic E-state index is -3.26. The van der Waals surface area contributed by atoms with Crippen LogP contribution in [0.15, 0.2) is 66.9 Å². The number of carbonyl (C=O) groups excluding carboxylic acids is 3. The first kappa shape index (κ1) is 29.8. The number of piperazine rings is 1. The monoisotopic (exact) mass is 592 g/mol. The number of aromatic nitrogens is 2. The van der Waals surface area contributed by atoms with E-state index < -0.39 is 30.5 Å². The van der Waals surface area contributed by atoms with Gasteiger partial charge in [0.1, 0.15) is 5.82 Å². The van der Waals surface area contributed by atoms with Crippen molar-refractivity contribution in [1.29, 1.82) is 0 Å². The van der Waals surface area contributed by atoms with Gasteiger partial charge >= 0.3 is 12.5 Å². The molecule has 43 heavy (non-hydrogen) atoms. The molecule has 9 nitrogen and oxygen atoms in total. The molecule has 1 fully saturated rings. The highest BCUT2D eigenvalue weighted by atomic mass is 19.3. The summed E-state index contributed by atoms with van der Waals surface area (Å²) in [7, 11) is 3.86. The lowest BCUT2D eigenvalue weighted by atomic mass is 10.0. The van der Waals surface area contributed by atoms with Crippen LogP contribution in [0.2, 0.25) is 0 Å². The van der Waals surface area contributed by atoms with E-state index in [9.17, 15) is 23.2 Å². The number of carbonyl (C=O) groups is 3. The summed E-state index contributed by atoms with van der Waals surface area (Å²) in [6.07, 6.45) is -1.47. The van der Waals surface area contributed by atoms with E-state index in [0.29, 0.717) is 31.9 Å². The average Bonchev–Trinajstić information content (AvgIpc) is 3.38. The maximum absolute atomic E-state index is 15.3. The molecule has 3 aromatic carbocycles. The minimum absolute atomic E-state index is 0.0828. The van der Waals surface area contributed by atoms with Crippen LogP contribution in [0.25, 0.3) is 22.0 Å². The summed E-state index contributed by atoms with van der Waals surface area (Å²) >= 11 is 0. The predicted molar refractivity (Wildman–Crippen MR) is 157 cm³/mol. The van der Waals surface area contributed by atoms with E-state index in [1.807, 2.05) is 55.8 Å². The number of likely N-dealkylation sites (N-methyl/N-ethyl adjacent to an activating group) is 1. The van der Waals surface area contributed by atoms with Crippen molar-refractivity contribution in [2.24, 2.45) is 7.05 Å². The van der Waals surface area contributed by atoms with Crippen LogP contribution >= 0.6 is 0 Å². The van der Waals surface area contributed by atoms with Gasteiger partial charge in [-0.2, -0.15) is 13.9 Å². The van der Waals surface area contributed by atoms with Crippen LogP contribution in [-0.2, 0) is 18.4 Å². The molecular formula is C31H31F3N6O3. The van der Waals surface area contributed by atoms with Crippen LogP contribution < -0.4 is 10.2 Å². The third-order valence-corrected chi connectivity index (χ3v) is 7.57. The highest BCUT2D eigenvalue weighted by Crippen LogP contribution is 2.29. The molecule has 4 aromatic rings. The van der Waals surface area contributed by atoms with Crippen LogP contribution in [0.5, 0.6) is 0 Å². The zero-order valence-electron chi connectivity index (χ0n) is 23.8. The number of aryl methyl sites for hydroxylation is 1. The molecule has 1 saturated heterocycles. The Morgan fingerprint density at radius 3 is 2.42 bits per heavy atom. The van der Waals surface area contributed by atoms with E-state index in [1.165, 1.54) is 17.0 Å². The Morgan fingerprint density at radius 1 is 0.953 bits per heavy atom. The van der Waals surface area contributed by atoms with Crippen molar-refractivity contribution in [3.05, 3.63) is 83.8 Å². The topological polar surface area (TPSA) is 90.8 Å². The number of benzene rings is 3. The van der Waals surface area contributed by atoms with Crippen molar-refractivity contribution in [2.45, 2.75) is 13.0 Å². The van der Waals surface area contributed by atoms with E-state index in [2.05, 4.69) is 10.00 Å². The number of amides is 3. The third-order valence-electron chi connectivity index (χ3n) is 7.57. The number of hydrogen-bond donors (Lipinski definition) is 1. The van der Waals surface area contributed by atoms with Crippen LogP contribution in [0.4, 0.5) is 23.7 Å². The molecule has 0 saturated carbocycles. The molecule has 1 aliphatic heterocycles. The number of alkyl halides is 2. The second-order valence-corrected chi connectivity index (χ2v) is 10.5. The first-order valence-electron chi connectivity index (χ1n) is 13.8. The standard InChI is InChI=1S/C31H31F3N6O3/c1-37-10-12-39(13-11-37)31(43)40(19-23-7-6-22(16-26(23)32)28(41)18-35-30(42)29(33)34)25-5-3-4-20(15-25)21-8-9-27-24(14-21)17-36-38(27)2/h3-9,14-17,29H,10-13,18-19H2,1-2H3,(H,35,42). The van der Waals surface area contributed by atoms with Gasteiger partial charge < -0.3 is 15.1 Å². The quantitative estimate of drug-likeness (QED) is 0.308. The zero-order valence-corrected chi connectivity index (χ0v) is 23.8. The molecular weight excluding hydrogens is 561 g/mol. The highest BCUT2D eigenvalue weighted by molar-refractivity contribution is 5.99. The Labute approximate surface area is 246 Å². The number of rotatable bonds is 8. The summed E-state index contributed by atoms with van der Waals surface area (Å²) < 4.78 is 42.0. The molecule has 12 heteroatoms. The number of nitrogens with zero attached hydrogens (tertiary/aromatic N) is 5. The van der Waals surface area contributed by atoms with Crippen LogP contribution in [0.1, 0.15) is 15.9 Å². The number of Topliss-reactive ketones (excluding diaryl/α,β-unsaturated/α-hetero) is 1. The summed E-state index contributed by atoms with van der Waals surface area (Å²) in [5.74, 6) is -3.03. The number of hydrogen-bond acceptors (Lipinski definition) is 5. The molecule has 5 rings (SSSR count). The molecule has 2 heterocycles. The number of ketones is 1. The second kappa shape index (κ2) is 12.7. The van der Waals surface area contributed by atoms with Crippen LogP contribution in [0, 0.1) is 5.82 Å². The van der Waals surface area contributed by atoms with E-state index in [-0.39, 0.29) is 23.7 Å². The highest BCUT2D eigenvalue weighted by Gasteiger charge is 2.27. The lowest BCUT2D eigenvalue weighted by molar-refractivity contribution is -0.131. The Morgan fingerprint density at radius 2 is 1.70 bits per heavy atom. The molecule has 0 spiro atoms. The first-order valence-corrected chi connectivity index (χ1v) is 13.8. The van der Waals surface area contributed by atoms with Gasteiger partial charge in [-0.25, -0.2) is 9.18 Å². The number of nitrogens with one attached hydrogen (secondary N) is 1. The van der Waals surface area contributed by atoms with Crippen molar-refractivity contribution in [2.75, 3.05) is 44.7 Å². The minimum Gasteiger partial charge on any atom is -0.344 e. The molecule has 224 valence electrons. The number of halogens is 3. The fraction of sp³-hybridized carbons (Fsp3) is 0.290. The van der Waals surface area contributed by atoms with Gasteiger partial charge in [-0.3, -0.25) is 19.2 Å². The summed E-state index contributed by atoms with van der Waals surface area (Å²) in [6.45, 7) is 1.65.